The van der Waals surface area contributed by atoms with E-state index >= 15 is 0 Å². The molecule has 0 bridgehead atoms. The minimum atomic E-state index is -0.537. The number of fused-ring (bicyclic) bond motifs is 1. The van der Waals surface area contributed by atoms with E-state index in [1.54, 1.807) is 48.4 Å². The van der Waals surface area contributed by atoms with E-state index in [1.807, 2.05) is 30.0 Å². The predicted molar refractivity (Wildman–Crippen MR) is 131 cm³/mol. The van der Waals surface area contributed by atoms with Gasteiger partial charge in [0.2, 0.25) is 11.8 Å². The minimum Gasteiger partial charge on any atom is -0.497 e. The standard InChI is InChI=1S/C27H33N3O4/c1-3-29(18-25(31)28-21-13-9-14-22(17-21)34-2)27(33)24-16-20-12-7-8-15-23(20)30(24)26(32)19-10-5-4-6-11-19/h4-6,9-11,13-14,17,20,23-24H,3,7-8,12,15-16,18H2,1-2H3,(H,28,31). The molecule has 7 heteroatoms. The summed E-state index contributed by atoms with van der Waals surface area (Å²) >= 11 is 0. The van der Waals surface area contributed by atoms with Crippen molar-refractivity contribution in [2.45, 2.75) is 51.1 Å². The van der Waals surface area contributed by atoms with E-state index in [-0.39, 0.29) is 30.3 Å². The summed E-state index contributed by atoms with van der Waals surface area (Å²) in [5.74, 6) is 0.455. The van der Waals surface area contributed by atoms with Crippen molar-refractivity contribution in [3.63, 3.8) is 0 Å². The van der Waals surface area contributed by atoms with Gasteiger partial charge in [-0.05, 0) is 56.4 Å². The Morgan fingerprint density at radius 1 is 1.06 bits per heavy atom. The number of hydrogen-bond acceptors (Lipinski definition) is 4. The van der Waals surface area contributed by atoms with Gasteiger partial charge in [0.25, 0.3) is 5.91 Å². The summed E-state index contributed by atoms with van der Waals surface area (Å²) in [7, 11) is 1.57. The molecule has 3 amide bonds. The fourth-order valence-corrected chi connectivity index (χ4v) is 5.33. The SMILES string of the molecule is CCN(CC(=O)Nc1cccc(OC)c1)C(=O)C1CC2CCCCC2N1C(=O)c1ccccc1. The Labute approximate surface area is 201 Å². The lowest BCUT2D eigenvalue weighted by Gasteiger charge is -2.35. The van der Waals surface area contributed by atoms with Gasteiger partial charge in [0.1, 0.15) is 11.8 Å². The van der Waals surface area contributed by atoms with Crippen LogP contribution in [0.25, 0.3) is 0 Å². The smallest absolute Gasteiger partial charge is 0.254 e. The highest BCUT2D eigenvalue weighted by Crippen LogP contribution is 2.41. The topological polar surface area (TPSA) is 79.0 Å². The molecule has 1 aliphatic heterocycles. The molecule has 1 saturated heterocycles. The van der Waals surface area contributed by atoms with Crippen LogP contribution in [0, 0.1) is 5.92 Å². The van der Waals surface area contributed by atoms with Crippen molar-refractivity contribution >= 4 is 23.4 Å². The van der Waals surface area contributed by atoms with Crippen molar-refractivity contribution < 1.29 is 19.1 Å². The van der Waals surface area contributed by atoms with Gasteiger partial charge in [-0.1, -0.05) is 37.1 Å². The van der Waals surface area contributed by atoms with Crippen LogP contribution >= 0.6 is 0 Å². The van der Waals surface area contributed by atoms with Gasteiger partial charge in [0, 0.05) is 29.9 Å². The lowest BCUT2D eigenvalue weighted by Crippen LogP contribution is -2.52. The number of nitrogens with zero attached hydrogens (tertiary/aromatic N) is 2. The van der Waals surface area contributed by atoms with Crippen molar-refractivity contribution in [2.75, 3.05) is 25.5 Å². The second-order valence-electron chi connectivity index (χ2n) is 9.07. The summed E-state index contributed by atoms with van der Waals surface area (Å²) in [6.07, 6.45) is 4.83. The van der Waals surface area contributed by atoms with Crippen molar-refractivity contribution in [1.29, 1.82) is 0 Å². The van der Waals surface area contributed by atoms with Crippen LogP contribution in [0.2, 0.25) is 0 Å². The Balaban J connectivity index is 1.50. The predicted octanol–water partition coefficient (Wildman–Crippen LogP) is 3.96. The third-order valence-corrected chi connectivity index (χ3v) is 7.01. The molecule has 0 spiro atoms. The first-order valence-electron chi connectivity index (χ1n) is 12.1. The van der Waals surface area contributed by atoms with E-state index in [4.69, 9.17) is 4.74 Å². The molecule has 0 radical (unpaired) electrons. The highest BCUT2D eigenvalue weighted by Gasteiger charge is 2.48. The van der Waals surface area contributed by atoms with Crippen LogP contribution in [0.1, 0.15) is 49.4 Å². The zero-order valence-electron chi connectivity index (χ0n) is 19.9. The van der Waals surface area contributed by atoms with Crippen LogP contribution in [0.3, 0.4) is 0 Å². The Hall–Kier alpha value is -3.35. The van der Waals surface area contributed by atoms with Gasteiger partial charge in [0.05, 0.1) is 13.7 Å². The average Bonchev–Trinajstić information content (AvgIpc) is 3.26. The average molecular weight is 464 g/mol. The van der Waals surface area contributed by atoms with E-state index in [0.717, 1.165) is 25.7 Å². The molecule has 1 N–H and O–H groups in total. The van der Waals surface area contributed by atoms with Crippen molar-refractivity contribution in [3.05, 3.63) is 60.2 Å². The van der Waals surface area contributed by atoms with Crippen LogP contribution in [0.5, 0.6) is 5.75 Å². The van der Waals surface area contributed by atoms with E-state index in [1.165, 1.54) is 0 Å². The molecular weight excluding hydrogens is 430 g/mol. The normalized spacial score (nSPS) is 21.5. The third kappa shape index (κ3) is 5.08. The minimum absolute atomic E-state index is 0.0637. The van der Waals surface area contributed by atoms with Crippen LogP contribution in [0.15, 0.2) is 54.6 Å². The fourth-order valence-electron chi connectivity index (χ4n) is 5.33. The maximum Gasteiger partial charge on any atom is 0.254 e. The maximum absolute atomic E-state index is 13.7. The van der Waals surface area contributed by atoms with Crippen LogP contribution in [-0.2, 0) is 9.59 Å². The molecule has 34 heavy (non-hydrogen) atoms. The van der Waals surface area contributed by atoms with E-state index in [9.17, 15) is 14.4 Å². The molecule has 4 rings (SSSR count). The maximum atomic E-state index is 13.7. The van der Waals surface area contributed by atoms with Crippen LogP contribution < -0.4 is 10.1 Å². The van der Waals surface area contributed by atoms with Crippen molar-refractivity contribution in [2.24, 2.45) is 5.92 Å². The molecule has 1 saturated carbocycles. The lowest BCUT2D eigenvalue weighted by molar-refractivity contribution is -0.138. The molecule has 2 aromatic rings. The van der Waals surface area contributed by atoms with E-state index < -0.39 is 6.04 Å². The molecule has 2 aromatic carbocycles. The zero-order chi connectivity index (χ0) is 24.1. The molecule has 3 unspecified atom stereocenters. The number of ether oxygens (including phenoxy) is 1. The van der Waals surface area contributed by atoms with Gasteiger partial charge in [-0.15, -0.1) is 0 Å². The molecule has 0 aromatic heterocycles. The molecule has 7 nitrogen and oxygen atoms in total. The summed E-state index contributed by atoms with van der Waals surface area (Å²) in [5.41, 5.74) is 1.21. The lowest BCUT2D eigenvalue weighted by atomic mass is 9.84. The second kappa shape index (κ2) is 10.7. The zero-order valence-corrected chi connectivity index (χ0v) is 19.9. The first kappa shape index (κ1) is 23.8. The molecule has 2 aliphatic rings. The van der Waals surface area contributed by atoms with Gasteiger partial charge in [0.15, 0.2) is 0 Å². The molecule has 180 valence electrons. The van der Waals surface area contributed by atoms with Crippen molar-refractivity contribution in [3.8, 4) is 5.75 Å². The second-order valence-corrected chi connectivity index (χ2v) is 9.07. The molecule has 1 heterocycles. The highest BCUT2D eigenvalue weighted by molar-refractivity contribution is 6.00. The number of methoxy groups -OCH3 is 1. The molecule has 1 aliphatic carbocycles. The number of likely N-dealkylation sites (tertiary alicyclic amines) is 1. The highest BCUT2D eigenvalue weighted by atomic mass is 16.5. The Morgan fingerprint density at radius 2 is 1.82 bits per heavy atom. The van der Waals surface area contributed by atoms with Crippen LogP contribution in [-0.4, -0.2) is 59.8 Å². The van der Waals surface area contributed by atoms with Crippen molar-refractivity contribution in [1.82, 2.24) is 9.80 Å². The number of rotatable bonds is 7. The van der Waals surface area contributed by atoms with E-state index in [0.29, 0.717) is 35.9 Å². The number of nitrogens with one attached hydrogen (secondary N) is 1. The number of amides is 3. The summed E-state index contributed by atoms with van der Waals surface area (Å²) in [4.78, 5) is 43.3. The number of carbonyl (C=O) groups excluding carboxylic acids is 3. The Kier molecular flexibility index (Phi) is 7.50. The number of anilines is 1. The molecule has 3 atom stereocenters. The van der Waals surface area contributed by atoms with Gasteiger partial charge in [-0.2, -0.15) is 0 Å². The van der Waals surface area contributed by atoms with E-state index in [2.05, 4.69) is 5.32 Å². The Morgan fingerprint density at radius 3 is 2.56 bits per heavy atom. The first-order valence-corrected chi connectivity index (χ1v) is 12.1. The van der Waals surface area contributed by atoms with Gasteiger partial charge in [-0.25, -0.2) is 0 Å². The summed E-state index contributed by atoms with van der Waals surface area (Å²) in [5, 5.41) is 2.84. The Bertz CT molecular complexity index is 1030. The summed E-state index contributed by atoms with van der Waals surface area (Å²) < 4.78 is 5.21. The number of hydrogen-bond donors (Lipinski definition) is 1. The van der Waals surface area contributed by atoms with Crippen LogP contribution in [0.4, 0.5) is 5.69 Å². The number of benzene rings is 2. The number of carbonyl (C=O) groups is 3. The molecular formula is C27H33N3O4. The quantitative estimate of drug-likeness (QED) is 0.674. The number of likely N-dealkylation sites (N-methyl/N-ethyl adjacent to an activating group) is 1. The van der Waals surface area contributed by atoms with Gasteiger partial charge < -0.3 is 19.9 Å². The summed E-state index contributed by atoms with van der Waals surface area (Å²) in [6, 6.07) is 15.8. The summed E-state index contributed by atoms with van der Waals surface area (Å²) in [6.45, 7) is 2.19. The first-order chi connectivity index (χ1) is 16.5. The monoisotopic (exact) mass is 463 g/mol. The third-order valence-electron chi connectivity index (χ3n) is 7.01. The van der Waals surface area contributed by atoms with Gasteiger partial charge in [-0.3, -0.25) is 14.4 Å². The largest absolute Gasteiger partial charge is 0.497 e. The fraction of sp³-hybridized carbons (Fsp3) is 0.444. The molecule has 2 fully saturated rings. The van der Waals surface area contributed by atoms with Gasteiger partial charge >= 0.3 is 0 Å².